The van der Waals surface area contributed by atoms with Gasteiger partial charge in [0, 0.05) is 4.90 Å². The van der Waals surface area contributed by atoms with Crippen molar-refractivity contribution in [1.29, 1.82) is 0 Å². The predicted molar refractivity (Wildman–Crippen MR) is 57.0 cm³/mol. The van der Waals surface area contributed by atoms with E-state index in [2.05, 4.69) is 9.97 Å². The van der Waals surface area contributed by atoms with Crippen LogP contribution in [-0.4, -0.2) is 16.2 Å². The number of nitrogens with one attached hydrogen (secondary N) is 2. The number of fused-ring (bicyclic) bond motifs is 1. The first-order valence-electron chi connectivity index (χ1n) is 4.01. The Morgan fingerprint density at radius 3 is 2.71 bits per heavy atom. The fourth-order valence-electron chi connectivity index (χ4n) is 1.28. The fraction of sp³-hybridized carbons (Fsp3) is 0.111. The van der Waals surface area contributed by atoms with Gasteiger partial charge in [-0.3, -0.25) is 9.78 Å². The minimum atomic E-state index is -0.472. The standard InChI is InChI=1S/C9H8N2O2S/c1-14-5-2-3-6-7(4-5)10-9(13)11-8(6)12/h2-4H,1H3,(H2,10,11,12,13). The molecule has 1 heterocycles. The highest BCUT2D eigenvalue weighted by Crippen LogP contribution is 2.17. The van der Waals surface area contributed by atoms with Gasteiger partial charge in [0.1, 0.15) is 0 Å². The van der Waals surface area contributed by atoms with Crippen molar-refractivity contribution in [3.05, 3.63) is 39.0 Å². The molecule has 0 bridgehead atoms. The van der Waals surface area contributed by atoms with Crippen molar-refractivity contribution in [3.8, 4) is 0 Å². The van der Waals surface area contributed by atoms with E-state index in [4.69, 9.17) is 0 Å². The maximum absolute atomic E-state index is 11.3. The molecule has 0 atom stereocenters. The van der Waals surface area contributed by atoms with Gasteiger partial charge >= 0.3 is 5.69 Å². The summed E-state index contributed by atoms with van der Waals surface area (Å²) in [5.41, 5.74) is -0.247. The summed E-state index contributed by atoms with van der Waals surface area (Å²) in [4.78, 5) is 28.1. The Morgan fingerprint density at radius 1 is 1.21 bits per heavy atom. The van der Waals surface area contributed by atoms with E-state index in [-0.39, 0.29) is 5.56 Å². The summed E-state index contributed by atoms with van der Waals surface area (Å²) >= 11 is 1.56. The zero-order chi connectivity index (χ0) is 10.1. The second kappa shape index (κ2) is 3.34. The molecule has 72 valence electrons. The molecule has 0 aliphatic heterocycles. The van der Waals surface area contributed by atoms with Gasteiger partial charge in [-0.2, -0.15) is 0 Å². The van der Waals surface area contributed by atoms with Crippen LogP contribution in [0.4, 0.5) is 0 Å². The molecular formula is C9H8N2O2S. The van der Waals surface area contributed by atoms with E-state index in [1.54, 1.807) is 23.9 Å². The van der Waals surface area contributed by atoms with Gasteiger partial charge in [0.25, 0.3) is 5.56 Å². The van der Waals surface area contributed by atoms with Gasteiger partial charge in [0.05, 0.1) is 10.9 Å². The molecule has 0 saturated heterocycles. The summed E-state index contributed by atoms with van der Waals surface area (Å²) in [5, 5.41) is 0.502. The Kier molecular flexibility index (Phi) is 2.17. The lowest BCUT2D eigenvalue weighted by Crippen LogP contribution is -2.21. The lowest BCUT2D eigenvalue weighted by Gasteiger charge is -1.98. The molecule has 4 nitrogen and oxygen atoms in total. The fourth-order valence-corrected chi connectivity index (χ4v) is 1.72. The third kappa shape index (κ3) is 1.46. The molecule has 0 aliphatic rings. The first-order valence-corrected chi connectivity index (χ1v) is 5.23. The molecule has 2 aromatic rings. The van der Waals surface area contributed by atoms with Crippen LogP contribution in [0.25, 0.3) is 10.9 Å². The number of aromatic amines is 2. The Balaban J connectivity index is 2.89. The van der Waals surface area contributed by atoms with Gasteiger partial charge in [0.2, 0.25) is 0 Å². The number of thioether (sulfide) groups is 1. The van der Waals surface area contributed by atoms with Crippen LogP contribution < -0.4 is 11.2 Å². The maximum Gasteiger partial charge on any atom is 0.326 e. The third-order valence-electron chi connectivity index (χ3n) is 1.95. The predicted octanol–water partition coefficient (Wildman–Crippen LogP) is 0.938. The number of hydrogen-bond donors (Lipinski definition) is 2. The van der Waals surface area contributed by atoms with Crippen LogP contribution in [0.1, 0.15) is 0 Å². The highest BCUT2D eigenvalue weighted by Gasteiger charge is 2.00. The molecule has 0 aliphatic carbocycles. The molecular weight excluding hydrogens is 200 g/mol. The first kappa shape index (κ1) is 9.08. The van der Waals surface area contributed by atoms with Gasteiger partial charge in [-0.05, 0) is 24.5 Å². The van der Waals surface area contributed by atoms with Crippen molar-refractivity contribution in [2.24, 2.45) is 0 Å². The Bertz CT molecular complexity index is 585. The van der Waals surface area contributed by atoms with Crippen LogP contribution >= 0.6 is 11.8 Å². The minimum Gasteiger partial charge on any atom is -0.307 e. The highest BCUT2D eigenvalue weighted by molar-refractivity contribution is 7.98. The van der Waals surface area contributed by atoms with E-state index in [0.29, 0.717) is 10.9 Å². The molecule has 0 fully saturated rings. The monoisotopic (exact) mass is 208 g/mol. The number of benzene rings is 1. The molecule has 0 saturated carbocycles. The second-order valence-electron chi connectivity index (χ2n) is 2.82. The lowest BCUT2D eigenvalue weighted by molar-refractivity contribution is 1.08. The summed E-state index contributed by atoms with van der Waals surface area (Å²) in [6.45, 7) is 0. The number of H-pyrrole nitrogens is 2. The smallest absolute Gasteiger partial charge is 0.307 e. The Morgan fingerprint density at radius 2 is 2.00 bits per heavy atom. The summed E-state index contributed by atoms with van der Waals surface area (Å²) in [5.74, 6) is 0. The van der Waals surface area contributed by atoms with Crippen LogP contribution in [-0.2, 0) is 0 Å². The maximum atomic E-state index is 11.3. The number of hydrogen-bond acceptors (Lipinski definition) is 3. The average molecular weight is 208 g/mol. The highest BCUT2D eigenvalue weighted by atomic mass is 32.2. The lowest BCUT2D eigenvalue weighted by atomic mass is 10.2. The number of aromatic nitrogens is 2. The van der Waals surface area contributed by atoms with Crippen molar-refractivity contribution in [2.75, 3.05) is 6.26 Å². The second-order valence-corrected chi connectivity index (χ2v) is 3.70. The number of rotatable bonds is 1. The summed E-state index contributed by atoms with van der Waals surface area (Å²) in [6.07, 6.45) is 1.94. The van der Waals surface area contributed by atoms with E-state index in [1.807, 2.05) is 12.3 Å². The normalized spacial score (nSPS) is 10.6. The van der Waals surface area contributed by atoms with Crippen LogP contribution in [0.5, 0.6) is 0 Å². The third-order valence-corrected chi connectivity index (χ3v) is 2.67. The molecule has 0 spiro atoms. The van der Waals surface area contributed by atoms with Crippen LogP contribution in [0, 0.1) is 0 Å². The van der Waals surface area contributed by atoms with Crippen molar-refractivity contribution in [1.82, 2.24) is 9.97 Å². The minimum absolute atomic E-state index is 0.351. The molecule has 2 N–H and O–H groups in total. The zero-order valence-electron chi connectivity index (χ0n) is 7.46. The molecule has 2 rings (SSSR count). The van der Waals surface area contributed by atoms with Crippen molar-refractivity contribution >= 4 is 22.7 Å². The van der Waals surface area contributed by atoms with Gasteiger partial charge in [0.15, 0.2) is 0 Å². The van der Waals surface area contributed by atoms with E-state index < -0.39 is 5.69 Å². The zero-order valence-corrected chi connectivity index (χ0v) is 8.27. The molecule has 1 aromatic carbocycles. The van der Waals surface area contributed by atoms with Crippen molar-refractivity contribution in [2.45, 2.75) is 4.90 Å². The van der Waals surface area contributed by atoms with Crippen LogP contribution in [0.2, 0.25) is 0 Å². The quantitative estimate of drug-likeness (QED) is 0.685. The average Bonchev–Trinajstić information content (AvgIpc) is 2.16. The summed E-state index contributed by atoms with van der Waals surface area (Å²) in [7, 11) is 0. The molecule has 0 amide bonds. The van der Waals surface area contributed by atoms with E-state index in [9.17, 15) is 9.59 Å². The first-order chi connectivity index (χ1) is 6.70. The largest absolute Gasteiger partial charge is 0.326 e. The summed E-state index contributed by atoms with van der Waals surface area (Å²) in [6, 6.07) is 5.34. The van der Waals surface area contributed by atoms with E-state index in [1.165, 1.54) is 0 Å². The SMILES string of the molecule is CSc1ccc2c(=O)[nH]c(=O)[nH]c2c1. The van der Waals surface area contributed by atoms with Gasteiger partial charge in [-0.1, -0.05) is 0 Å². The summed E-state index contributed by atoms with van der Waals surface area (Å²) < 4.78 is 0. The molecule has 14 heavy (non-hydrogen) atoms. The van der Waals surface area contributed by atoms with Gasteiger partial charge < -0.3 is 4.98 Å². The van der Waals surface area contributed by atoms with Crippen LogP contribution in [0.3, 0.4) is 0 Å². The van der Waals surface area contributed by atoms with Gasteiger partial charge in [-0.25, -0.2) is 4.79 Å². The van der Waals surface area contributed by atoms with Crippen molar-refractivity contribution in [3.63, 3.8) is 0 Å². The van der Waals surface area contributed by atoms with E-state index >= 15 is 0 Å². The van der Waals surface area contributed by atoms with Crippen molar-refractivity contribution < 1.29 is 0 Å². The van der Waals surface area contributed by atoms with Crippen LogP contribution in [0.15, 0.2) is 32.7 Å². The Labute approximate surface area is 83.4 Å². The molecule has 0 unspecified atom stereocenters. The van der Waals surface area contributed by atoms with Gasteiger partial charge in [-0.15, -0.1) is 11.8 Å². The topological polar surface area (TPSA) is 65.7 Å². The molecule has 0 radical (unpaired) electrons. The molecule has 5 heteroatoms. The van der Waals surface area contributed by atoms with E-state index in [0.717, 1.165) is 4.90 Å². The molecule has 1 aromatic heterocycles. The Hall–Kier alpha value is -1.49.